The maximum absolute atomic E-state index is 4.49. The quantitative estimate of drug-likeness (QED) is 0.863. The zero-order valence-corrected chi connectivity index (χ0v) is 11.0. The van der Waals surface area contributed by atoms with E-state index in [0.29, 0.717) is 0 Å². The molecule has 0 aliphatic carbocycles. The molecule has 1 aromatic heterocycles. The van der Waals surface area contributed by atoms with Crippen LogP contribution in [0, 0.1) is 19.8 Å². The summed E-state index contributed by atoms with van der Waals surface area (Å²) in [6.45, 7) is 10.8. The van der Waals surface area contributed by atoms with Crippen LogP contribution in [0.4, 0.5) is 5.82 Å². The highest BCUT2D eigenvalue weighted by molar-refractivity contribution is 5.39. The van der Waals surface area contributed by atoms with Gasteiger partial charge in [-0.05, 0) is 39.3 Å². The number of nitrogens with zero attached hydrogens (tertiary/aromatic N) is 3. The van der Waals surface area contributed by atoms with E-state index in [1.54, 1.807) is 0 Å². The number of rotatable bonds is 4. The Labute approximate surface area is 103 Å². The Morgan fingerprint density at radius 1 is 1.47 bits per heavy atom. The highest BCUT2D eigenvalue weighted by Crippen LogP contribution is 2.17. The summed E-state index contributed by atoms with van der Waals surface area (Å²) in [5.74, 6) is 1.69. The van der Waals surface area contributed by atoms with Crippen molar-refractivity contribution < 1.29 is 0 Å². The summed E-state index contributed by atoms with van der Waals surface area (Å²) in [5, 5.41) is 3.44. The predicted molar refractivity (Wildman–Crippen MR) is 70.2 cm³/mol. The molecule has 1 atom stereocenters. The Kier molecular flexibility index (Phi) is 3.94. The lowest BCUT2D eigenvalue weighted by Gasteiger charge is -2.14. The molecule has 17 heavy (non-hydrogen) atoms. The molecule has 0 saturated carbocycles. The molecule has 0 bridgehead atoms. The second-order valence-corrected chi connectivity index (χ2v) is 4.87. The van der Waals surface area contributed by atoms with E-state index in [4.69, 9.17) is 0 Å². The Balaban J connectivity index is 1.88. The largest absolute Gasteiger partial charge is 0.368 e. The van der Waals surface area contributed by atoms with E-state index >= 15 is 0 Å². The van der Waals surface area contributed by atoms with E-state index in [1.165, 1.54) is 26.1 Å². The Morgan fingerprint density at radius 2 is 2.29 bits per heavy atom. The van der Waals surface area contributed by atoms with Gasteiger partial charge in [-0.3, -0.25) is 4.98 Å². The molecule has 1 aromatic rings. The fourth-order valence-corrected chi connectivity index (χ4v) is 2.31. The number of anilines is 1. The summed E-state index contributed by atoms with van der Waals surface area (Å²) >= 11 is 0. The lowest BCUT2D eigenvalue weighted by molar-refractivity contribution is 0.345. The van der Waals surface area contributed by atoms with E-state index in [2.05, 4.69) is 27.1 Å². The van der Waals surface area contributed by atoms with Gasteiger partial charge in [-0.25, -0.2) is 4.98 Å². The van der Waals surface area contributed by atoms with Crippen molar-refractivity contribution in [2.75, 3.05) is 31.5 Å². The summed E-state index contributed by atoms with van der Waals surface area (Å²) < 4.78 is 0. The van der Waals surface area contributed by atoms with E-state index in [0.717, 1.165) is 29.7 Å². The van der Waals surface area contributed by atoms with Crippen LogP contribution >= 0.6 is 0 Å². The van der Waals surface area contributed by atoms with Crippen molar-refractivity contribution in [2.24, 2.45) is 5.92 Å². The average Bonchev–Trinajstić information content (AvgIpc) is 2.78. The second kappa shape index (κ2) is 5.45. The van der Waals surface area contributed by atoms with E-state index < -0.39 is 0 Å². The van der Waals surface area contributed by atoms with Crippen molar-refractivity contribution in [2.45, 2.75) is 27.2 Å². The third-order valence-corrected chi connectivity index (χ3v) is 3.45. The summed E-state index contributed by atoms with van der Waals surface area (Å²) in [6, 6.07) is 0. The monoisotopic (exact) mass is 234 g/mol. The van der Waals surface area contributed by atoms with Crippen molar-refractivity contribution in [1.82, 2.24) is 14.9 Å². The van der Waals surface area contributed by atoms with Crippen LogP contribution in [-0.2, 0) is 0 Å². The second-order valence-electron chi connectivity index (χ2n) is 4.87. The first kappa shape index (κ1) is 12.3. The van der Waals surface area contributed by atoms with Gasteiger partial charge in [0.1, 0.15) is 5.82 Å². The lowest BCUT2D eigenvalue weighted by atomic mass is 10.1. The van der Waals surface area contributed by atoms with Crippen molar-refractivity contribution in [3.8, 4) is 0 Å². The predicted octanol–water partition coefficient (Wildman–Crippen LogP) is 1.85. The lowest BCUT2D eigenvalue weighted by Crippen LogP contribution is -2.23. The Hall–Kier alpha value is -1.16. The molecule has 1 fully saturated rings. The van der Waals surface area contributed by atoms with Gasteiger partial charge < -0.3 is 10.2 Å². The molecule has 1 unspecified atom stereocenters. The van der Waals surface area contributed by atoms with Gasteiger partial charge in [0.25, 0.3) is 0 Å². The summed E-state index contributed by atoms with van der Waals surface area (Å²) in [5.41, 5.74) is 1.96. The van der Waals surface area contributed by atoms with Gasteiger partial charge in [-0.15, -0.1) is 0 Å². The average molecular weight is 234 g/mol. The maximum atomic E-state index is 4.49. The zero-order chi connectivity index (χ0) is 12.3. The van der Waals surface area contributed by atoms with Crippen molar-refractivity contribution in [1.29, 1.82) is 0 Å². The minimum absolute atomic E-state index is 0.747. The molecular formula is C13H22N4. The number of hydrogen-bond acceptors (Lipinski definition) is 4. The van der Waals surface area contributed by atoms with Crippen molar-refractivity contribution in [3.05, 3.63) is 17.6 Å². The molecule has 0 radical (unpaired) electrons. The van der Waals surface area contributed by atoms with Gasteiger partial charge in [-0.1, -0.05) is 6.92 Å². The third kappa shape index (κ3) is 3.16. The van der Waals surface area contributed by atoms with Gasteiger partial charge in [0.15, 0.2) is 0 Å². The minimum Gasteiger partial charge on any atom is -0.368 e. The maximum Gasteiger partial charge on any atom is 0.147 e. The molecule has 1 aliphatic rings. The number of aromatic nitrogens is 2. The first-order valence-electron chi connectivity index (χ1n) is 6.45. The van der Waals surface area contributed by atoms with Crippen LogP contribution in [-0.4, -0.2) is 41.0 Å². The van der Waals surface area contributed by atoms with E-state index in [9.17, 15) is 0 Å². The minimum atomic E-state index is 0.747. The van der Waals surface area contributed by atoms with E-state index in [-0.39, 0.29) is 0 Å². The third-order valence-electron chi connectivity index (χ3n) is 3.45. The van der Waals surface area contributed by atoms with Crippen molar-refractivity contribution in [3.63, 3.8) is 0 Å². The summed E-state index contributed by atoms with van der Waals surface area (Å²) in [4.78, 5) is 11.3. The molecule has 1 N–H and O–H groups in total. The molecule has 94 valence electrons. The van der Waals surface area contributed by atoms with Gasteiger partial charge >= 0.3 is 0 Å². The summed E-state index contributed by atoms with van der Waals surface area (Å²) in [7, 11) is 0. The highest BCUT2D eigenvalue weighted by Gasteiger charge is 2.20. The molecule has 0 amide bonds. The topological polar surface area (TPSA) is 41.0 Å². The SMILES string of the molecule is CCN1CCC(CNc2nc(C)cnc2C)C1. The standard InChI is InChI=1S/C13H22N4/c1-4-17-6-5-12(9-17)8-15-13-11(3)14-7-10(2)16-13/h7,12H,4-6,8-9H2,1-3H3,(H,15,16). The normalized spacial score (nSPS) is 20.8. The Bertz CT molecular complexity index is 378. The smallest absolute Gasteiger partial charge is 0.147 e. The van der Waals surface area contributed by atoms with Crippen LogP contribution in [0.15, 0.2) is 6.20 Å². The van der Waals surface area contributed by atoms with Crippen LogP contribution in [0.25, 0.3) is 0 Å². The molecule has 4 nitrogen and oxygen atoms in total. The Morgan fingerprint density at radius 3 is 3.00 bits per heavy atom. The van der Waals surface area contributed by atoms with Gasteiger partial charge in [0, 0.05) is 19.3 Å². The van der Waals surface area contributed by atoms with Gasteiger partial charge in [0.05, 0.1) is 11.4 Å². The van der Waals surface area contributed by atoms with Crippen LogP contribution < -0.4 is 5.32 Å². The van der Waals surface area contributed by atoms with Crippen LogP contribution in [0.5, 0.6) is 0 Å². The fourth-order valence-electron chi connectivity index (χ4n) is 2.31. The molecule has 2 rings (SSSR count). The number of likely N-dealkylation sites (tertiary alicyclic amines) is 1. The number of hydrogen-bond donors (Lipinski definition) is 1. The molecule has 4 heteroatoms. The molecule has 1 saturated heterocycles. The first-order chi connectivity index (χ1) is 8.19. The summed E-state index contributed by atoms with van der Waals surface area (Å²) in [6.07, 6.45) is 3.11. The van der Waals surface area contributed by atoms with Crippen LogP contribution in [0.2, 0.25) is 0 Å². The van der Waals surface area contributed by atoms with E-state index in [1.807, 2.05) is 20.0 Å². The molecule has 0 aromatic carbocycles. The number of aryl methyl sites for hydroxylation is 2. The molecular weight excluding hydrogens is 212 g/mol. The first-order valence-corrected chi connectivity index (χ1v) is 6.45. The van der Waals surface area contributed by atoms with Crippen LogP contribution in [0.3, 0.4) is 0 Å². The fraction of sp³-hybridized carbons (Fsp3) is 0.692. The van der Waals surface area contributed by atoms with Crippen molar-refractivity contribution >= 4 is 5.82 Å². The molecule has 2 heterocycles. The zero-order valence-electron chi connectivity index (χ0n) is 11.0. The molecule has 1 aliphatic heterocycles. The van der Waals surface area contributed by atoms with Gasteiger partial charge in [0.2, 0.25) is 0 Å². The van der Waals surface area contributed by atoms with Gasteiger partial charge in [-0.2, -0.15) is 0 Å². The highest BCUT2D eigenvalue weighted by atomic mass is 15.1. The number of nitrogens with one attached hydrogen (secondary N) is 1. The molecule has 0 spiro atoms. The van der Waals surface area contributed by atoms with Crippen LogP contribution in [0.1, 0.15) is 24.7 Å².